The van der Waals surface area contributed by atoms with Crippen molar-refractivity contribution in [2.45, 2.75) is 51.7 Å². The zero-order chi connectivity index (χ0) is 28.3. The summed E-state index contributed by atoms with van der Waals surface area (Å²) < 4.78 is 11.7. The molecule has 0 unspecified atom stereocenters. The number of ketones is 1. The van der Waals surface area contributed by atoms with Gasteiger partial charge < -0.3 is 19.3 Å². The summed E-state index contributed by atoms with van der Waals surface area (Å²) in [7, 11) is 5.41. The monoisotopic (exact) mass is 548 g/mol. The van der Waals surface area contributed by atoms with Gasteiger partial charge in [-0.05, 0) is 92.5 Å². The van der Waals surface area contributed by atoms with Crippen LogP contribution in [0.4, 0.5) is 5.69 Å². The molecule has 0 spiro atoms. The van der Waals surface area contributed by atoms with Crippen LogP contribution in [0.1, 0.15) is 61.4 Å². The molecule has 0 N–H and O–H groups in total. The number of carbonyl (C=O) groups excluding carboxylic acids is 2. The lowest BCUT2D eigenvalue weighted by Gasteiger charge is -2.38. The maximum atomic E-state index is 13.7. The lowest BCUT2D eigenvalue weighted by atomic mass is 9.86. The van der Waals surface area contributed by atoms with E-state index in [1.165, 1.54) is 0 Å². The van der Waals surface area contributed by atoms with Crippen molar-refractivity contribution in [3.05, 3.63) is 87.9 Å². The van der Waals surface area contributed by atoms with E-state index in [1.54, 1.807) is 7.11 Å². The second-order valence-electron chi connectivity index (χ2n) is 10.7. The molecule has 2 atom stereocenters. The normalized spacial score (nSPS) is 15.9. The van der Waals surface area contributed by atoms with Gasteiger partial charge in [-0.25, -0.2) is 0 Å². The fourth-order valence-electron chi connectivity index (χ4n) is 5.17. The Balaban J connectivity index is 1.74. The number of halogens is 1. The molecule has 0 aliphatic carbocycles. The highest BCUT2D eigenvalue weighted by Crippen LogP contribution is 2.44. The maximum absolute atomic E-state index is 13.7. The van der Waals surface area contributed by atoms with Crippen LogP contribution >= 0.6 is 11.6 Å². The number of Topliss-reactive ketones (excluding diaryl/α,β-unsaturated/α-hetero) is 1. The van der Waals surface area contributed by atoms with E-state index in [9.17, 15) is 9.59 Å². The van der Waals surface area contributed by atoms with Crippen LogP contribution in [0.2, 0.25) is 5.02 Å². The number of ether oxygens (including phenoxy) is 2. The third kappa shape index (κ3) is 6.63. The molecule has 0 fully saturated rings. The molecule has 0 saturated heterocycles. The highest BCUT2D eigenvalue weighted by atomic mass is 35.5. The van der Waals surface area contributed by atoms with Crippen LogP contribution in [0.5, 0.6) is 11.5 Å². The van der Waals surface area contributed by atoms with Gasteiger partial charge in [-0.2, -0.15) is 0 Å². The van der Waals surface area contributed by atoms with Gasteiger partial charge in [-0.15, -0.1) is 0 Å². The van der Waals surface area contributed by atoms with Gasteiger partial charge in [0, 0.05) is 17.1 Å². The third-order valence-corrected chi connectivity index (χ3v) is 7.16. The molecule has 0 saturated carbocycles. The Bertz CT molecular complexity index is 1320. The highest BCUT2D eigenvalue weighted by molar-refractivity contribution is 6.30. The number of methoxy groups -OCH3 is 1. The summed E-state index contributed by atoms with van der Waals surface area (Å²) in [5.41, 5.74) is 4.70. The van der Waals surface area contributed by atoms with Gasteiger partial charge in [0.25, 0.3) is 0 Å². The number of likely N-dealkylation sites (N-methyl/N-ethyl adjacent to an activating group) is 1. The topological polar surface area (TPSA) is 59.1 Å². The van der Waals surface area contributed by atoms with Crippen molar-refractivity contribution in [2.24, 2.45) is 0 Å². The quantitative estimate of drug-likeness (QED) is 0.292. The SMILES string of the molecule is COc1cc2c(cc1OC(C)C)[C@H](c1ccc(Cl)cc1)N(c1ccc([C@H](C)CC(=O)CN(C)C)cc1)C(=O)C2. The number of carbonyl (C=O) groups is 2. The molecular weight excluding hydrogens is 512 g/mol. The van der Waals surface area contributed by atoms with Crippen LogP contribution in [-0.4, -0.2) is 50.4 Å². The largest absolute Gasteiger partial charge is 0.493 e. The second kappa shape index (κ2) is 12.2. The minimum atomic E-state index is -0.371. The standard InChI is InChI=1S/C32H37ClN2O4/c1-20(2)39-30-18-28-24(16-29(30)38-6)17-31(37)35(32(28)23-7-11-25(33)12-8-23)26-13-9-22(10-14-26)21(3)15-27(36)19-34(4)5/h7-14,16,18,20-21,32H,15,17,19H2,1-6H3/t21-,32+/m1/s1. The molecule has 1 amide bonds. The average Bonchev–Trinajstić information content (AvgIpc) is 2.87. The molecular formula is C32H37ClN2O4. The van der Waals surface area contributed by atoms with Crippen molar-refractivity contribution in [1.29, 1.82) is 0 Å². The fraction of sp³-hybridized carbons (Fsp3) is 0.375. The molecule has 7 heteroatoms. The number of anilines is 1. The Morgan fingerprint density at radius 2 is 1.69 bits per heavy atom. The first-order valence-electron chi connectivity index (χ1n) is 13.3. The lowest BCUT2D eigenvalue weighted by molar-refractivity contribution is -0.120. The van der Waals surface area contributed by atoms with E-state index < -0.39 is 0 Å². The Kier molecular flexibility index (Phi) is 8.98. The van der Waals surface area contributed by atoms with Crippen LogP contribution in [0.15, 0.2) is 60.7 Å². The predicted molar refractivity (Wildman–Crippen MR) is 156 cm³/mol. The minimum Gasteiger partial charge on any atom is -0.493 e. The molecule has 3 aromatic rings. The van der Waals surface area contributed by atoms with Crippen molar-refractivity contribution < 1.29 is 19.1 Å². The molecule has 3 aromatic carbocycles. The highest BCUT2D eigenvalue weighted by Gasteiger charge is 2.36. The first kappa shape index (κ1) is 28.7. The van der Waals surface area contributed by atoms with Crippen molar-refractivity contribution in [1.82, 2.24) is 4.90 Å². The minimum absolute atomic E-state index is 0.0102. The first-order valence-corrected chi connectivity index (χ1v) is 13.7. The molecule has 0 radical (unpaired) electrons. The summed E-state index contributed by atoms with van der Waals surface area (Å²) in [6, 6.07) is 19.1. The number of benzene rings is 3. The first-order chi connectivity index (χ1) is 18.6. The summed E-state index contributed by atoms with van der Waals surface area (Å²) in [6.45, 7) is 6.44. The molecule has 1 aliphatic heterocycles. The summed E-state index contributed by atoms with van der Waals surface area (Å²) in [4.78, 5) is 29.8. The van der Waals surface area contributed by atoms with Crippen LogP contribution in [0.3, 0.4) is 0 Å². The Labute approximate surface area is 236 Å². The second-order valence-corrected chi connectivity index (χ2v) is 11.2. The molecule has 1 heterocycles. The van der Waals surface area contributed by atoms with Gasteiger partial charge in [0.15, 0.2) is 11.5 Å². The van der Waals surface area contributed by atoms with E-state index >= 15 is 0 Å². The van der Waals surface area contributed by atoms with Crippen molar-refractivity contribution in [2.75, 3.05) is 32.6 Å². The number of hydrogen-bond acceptors (Lipinski definition) is 5. The lowest BCUT2D eigenvalue weighted by Crippen LogP contribution is -2.41. The van der Waals surface area contributed by atoms with E-state index in [0.29, 0.717) is 29.5 Å². The summed E-state index contributed by atoms with van der Waals surface area (Å²) in [5, 5.41) is 0.633. The Morgan fingerprint density at radius 1 is 1.03 bits per heavy atom. The average molecular weight is 549 g/mol. The van der Waals surface area contributed by atoms with Gasteiger partial charge in [-0.1, -0.05) is 42.8 Å². The smallest absolute Gasteiger partial charge is 0.232 e. The summed E-state index contributed by atoms with van der Waals surface area (Å²) in [6.07, 6.45) is 0.683. The number of amides is 1. The maximum Gasteiger partial charge on any atom is 0.232 e. The Morgan fingerprint density at radius 3 is 2.28 bits per heavy atom. The number of hydrogen-bond donors (Lipinski definition) is 0. The summed E-state index contributed by atoms with van der Waals surface area (Å²) >= 11 is 6.22. The van der Waals surface area contributed by atoms with E-state index in [4.69, 9.17) is 21.1 Å². The summed E-state index contributed by atoms with van der Waals surface area (Å²) in [5.74, 6) is 1.53. The Hall–Kier alpha value is -3.35. The molecule has 6 nitrogen and oxygen atoms in total. The third-order valence-electron chi connectivity index (χ3n) is 6.90. The number of fused-ring (bicyclic) bond motifs is 1. The van der Waals surface area contributed by atoms with E-state index in [1.807, 2.05) is 98.4 Å². The zero-order valence-corrected chi connectivity index (χ0v) is 24.3. The van der Waals surface area contributed by atoms with E-state index in [-0.39, 0.29) is 36.2 Å². The van der Waals surface area contributed by atoms with Gasteiger partial charge in [-0.3, -0.25) is 9.59 Å². The van der Waals surface area contributed by atoms with Crippen LogP contribution in [-0.2, 0) is 16.0 Å². The molecule has 206 valence electrons. The van der Waals surface area contributed by atoms with Crippen molar-refractivity contribution >= 4 is 29.0 Å². The van der Waals surface area contributed by atoms with Gasteiger partial charge >= 0.3 is 0 Å². The molecule has 0 aromatic heterocycles. The van der Waals surface area contributed by atoms with Crippen LogP contribution in [0.25, 0.3) is 0 Å². The van der Waals surface area contributed by atoms with Crippen LogP contribution < -0.4 is 14.4 Å². The molecule has 39 heavy (non-hydrogen) atoms. The predicted octanol–water partition coefficient (Wildman–Crippen LogP) is 6.44. The molecule has 1 aliphatic rings. The van der Waals surface area contributed by atoms with Gasteiger partial charge in [0.2, 0.25) is 5.91 Å². The molecule has 4 rings (SSSR count). The fourth-order valence-corrected chi connectivity index (χ4v) is 5.29. The van der Waals surface area contributed by atoms with E-state index in [0.717, 1.165) is 27.9 Å². The van der Waals surface area contributed by atoms with Gasteiger partial charge in [0.1, 0.15) is 5.78 Å². The van der Waals surface area contributed by atoms with E-state index in [2.05, 4.69) is 6.92 Å². The van der Waals surface area contributed by atoms with Crippen molar-refractivity contribution in [3.63, 3.8) is 0 Å². The zero-order valence-electron chi connectivity index (χ0n) is 23.5. The van der Waals surface area contributed by atoms with Crippen molar-refractivity contribution in [3.8, 4) is 11.5 Å². The molecule has 0 bridgehead atoms. The van der Waals surface area contributed by atoms with Gasteiger partial charge in [0.05, 0.1) is 32.2 Å². The number of nitrogens with zero attached hydrogens (tertiary/aromatic N) is 2. The number of rotatable bonds is 10. The van der Waals surface area contributed by atoms with Crippen LogP contribution in [0, 0.1) is 0 Å².